The number of aryl methyl sites for hydroxylation is 1. The van der Waals surface area contributed by atoms with Crippen molar-refractivity contribution in [3.63, 3.8) is 0 Å². The maximum atomic E-state index is 12.2. The van der Waals surface area contributed by atoms with Crippen molar-refractivity contribution in [1.82, 2.24) is 10.3 Å². The molecule has 1 saturated carbocycles. The first kappa shape index (κ1) is 16.3. The number of amides is 1. The van der Waals surface area contributed by atoms with Gasteiger partial charge in [0.25, 0.3) is 5.91 Å². The third-order valence-electron chi connectivity index (χ3n) is 4.16. The van der Waals surface area contributed by atoms with E-state index in [1.165, 1.54) is 32.1 Å². The summed E-state index contributed by atoms with van der Waals surface area (Å²) in [6.45, 7) is 2.84. The van der Waals surface area contributed by atoms with Gasteiger partial charge in [0.2, 0.25) is 0 Å². The molecule has 0 bridgehead atoms. The van der Waals surface area contributed by atoms with Gasteiger partial charge in [-0.1, -0.05) is 50.6 Å². The van der Waals surface area contributed by atoms with E-state index < -0.39 is 0 Å². The van der Waals surface area contributed by atoms with Gasteiger partial charge in [0.15, 0.2) is 0 Å². The molecule has 0 aromatic carbocycles. The van der Waals surface area contributed by atoms with E-state index in [4.69, 9.17) is 11.6 Å². The van der Waals surface area contributed by atoms with Gasteiger partial charge in [-0.2, -0.15) is 0 Å². The van der Waals surface area contributed by atoms with E-state index in [1.54, 1.807) is 6.07 Å². The lowest BCUT2D eigenvalue weighted by molar-refractivity contribution is 0.0952. The van der Waals surface area contributed by atoms with Gasteiger partial charge in [-0.25, -0.2) is 4.98 Å². The third-order valence-corrected chi connectivity index (χ3v) is 4.36. The highest BCUT2D eigenvalue weighted by Gasteiger charge is 2.14. The number of hydrogen-bond acceptors (Lipinski definition) is 2. The molecule has 1 amide bonds. The first-order valence-electron chi connectivity index (χ1n) is 8.13. The van der Waals surface area contributed by atoms with E-state index in [-0.39, 0.29) is 5.91 Å². The minimum absolute atomic E-state index is 0.0388. The van der Waals surface area contributed by atoms with Gasteiger partial charge in [0.05, 0.1) is 0 Å². The van der Waals surface area contributed by atoms with Crippen molar-refractivity contribution in [2.75, 3.05) is 6.54 Å². The number of pyridine rings is 1. The van der Waals surface area contributed by atoms with E-state index in [0.29, 0.717) is 10.7 Å². The summed E-state index contributed by atoms with van der Waals surface area (Å²) in [6, 6.07) is 3.49. The molecule has 1 aromatic heterocycles. The van der Waals surface area contributed by atoms with Crippen LogP contribution in [-0.2, 0) is 6.42 Å². The topological polar surface area (TPSA) is 42.0 Å². The fraction of sp³-hybridized carbons (Fsp3) is 0.647. The SMILES string of the molecule is CCCc1cc(C(=O)NCCCC2CCCC2)cc(Cl)n1. The third kappa shape index (κ3) is 5.31. The second-order valence-corrected chi connectivity index (χ2v) is 6.36. The molecule has 1 N–H and O–H groups in total. The number of nitrogens with zero attached hydrogens (tertiary/aromatic N) is 1. The molecule has 116 valence electrons. The van der Waals surface area contributed by atoms with Crippen LogP contribution in [0.4, 0.5) is 0 Å². The van der Waals surface area contributed by atoms with Crippen LogP contribution in [0.1, 0.15) is 67.9 Å². The molecular weight excluding hydrogens is 284 g/mol. The van der Waals surface area contributed by atoms with Crippen LogP contribution >= 0.6 is 11.6 Å². The Labute approximate surface area is 132 Å². The molecule has 1 aliphatic carbocycles. The second-order valence-electron chi connectivity index (χ2n) is 5.97. The number of rotatable bonds is 7. The maximum absolute atomic E-state index is 12.2. The molecule has 1 aromatic rings. The number of hydrogen-bond donors (Lipinski definition) is 1. The lowest BCUT2D eigenvalue weighted by atomic mass is 10.0. The lowest BCUT2D eigenvalue weighted by Gasteiger charge is -2.10. The monoisotopic (exact) mass is 308 g/mol. The Bertz CT molecular complexity index is 470. The van der Waals surface area contributed by atoms with Gasteiger partial charge in [0.1, 0.15) is 5.15 Å². The quantitative estimate of drug-likeness (QED) is 0.599. The predicted octanol–water partition coefficient (Wildman–Crippen LogP) is 4.39. The normalized spacial score (nSPS) is 15.3. The number of nitrogens with one attached hydrogen (secondary N) is 1. The molecule has 2 rings (SSSR count). The summed E-state index contributed by atoms with van der Waals surface area (Å²) in [4.78, 5) is 16.4. The fourth-order valence-electron chi connectivity index (χ4n) is 3.06. The highest BCUT2D eigenvalue weighted by molar-refractivity contribution is 6.29. The molecule has 0 radical (unpaired) electrons. The van der Waals surface area contributed by atoms with Crippen LogP contribution in [0.3, 0.4) is 0 Å². The van der Waals surface area contributed by atoms with Crippen LogP contribution in [0.25, 0.3) is 0 Å². The molecule has 21 heavy (non-hydrogen) atoms. The van der Waals surface area contributed by atoms with E-state index in [0.717, 1.165) is 37.4 Å². The van der Waals surface area contributed by atoms with Crippen molar-refractivity contribution in [1.29, 1.82) is 0 Å². The van der Waals surface area contributed by atoms with Crippen LogP contribution in [0.15, 0.2) is 12.1 Å². The number of carbonyl (C=O) groups is 1. The highest BCUT2D eigenvalue weighted by atomic mass is 35.5. The number of halogens is 1. The molecule has 0 atom stereocenters. The zero-order valence-electron chi connectivity index (χ0n) is 12.8. The summed E-state index contributed by atoms with van der Waals surface area (Å²) in [5.41, 5.74) is 1.51. The Hall–Kier alpha value is -1.09. The van der Waals surface area contributed by atoms with Crippen molar-refractivity contribution >= 4 is 17.5 Å². The Balaban J connectivity index is 1.79. The molecule has 4 heteroatoms. The molecule has 0 spiro atoms. The Morgan fingerprint density at radius 1 is 1.38 bits per heavy atom. The van der Waals surface area contributed by atoms with Gasteiger partial charge < -0.3 is 5.32 Å². The summed E-state index contributed by atoms with van der Waals surface area (Å²) >= 11 is 5.99. The van der Waals surface area contributed by atoms with E-state index in [1.807, 2.05) is 6.07 Å². The van der Waals surface area contributed by atoms with Crippen molar-refractivity contribution in [2.45, 2.75) is 58.3 Å². The molecule has 0 unspecified atom stereocenters. The predicted molar refractivity (Wildman–Crippen MR) is 86.8 cm³/mol. The Morgan fingerprint density at radius 2 is 2.14 bits per heavy atom. The first-order chi connectivity index (χ1) is 10.2. The molecule has 0 aliphatic heterocycles. The molecule has 3 nitrogen and oxygen atoms in total. The standard InChI is InChI=1S/C17H25ClN2O/c1-2-6-15-11-14(12-16(18)20-15)17(21)19-10-5-9-13-7-3-4-8-13/h11-13H,2-10H2,1H3,(H,19,21). The molecule has 1 fully saturated rings. The van der Waals surface area contributed by atoms with Crippen LogP contribution < -0.4 is 5.32 Å². The first-order valence-corrected chi connectivity index (χ1v) is 8.51. The summed E-state index contributed by atoms with van der Waals surface area (Å²) in [6.07, 6.45) is 9.65. The highest BCUT2D eigenvalue weighted by Crippen LogP contribution is 2.28. The smallest absolute Gasteiger partial charge is 0.251 e. The summed E-state index contributed by atoms with van der Waals surface area (Å²) in [5.74, 6) is 0.844. The summed E-state index contributed by atoms with van der Waals surface area (Å²) in [7, 11) is 0. The van der Waals surface area contributed by atoms with Gasteiger partial charge in [0, 0.05) is 17.8 Å². The fourth-order valence-corrected chi connectivity index (χ4v) is 3.29. The second kappa shape index (κ2) is 8.38. The van der Waals surface area contributed by atoms with E-state index in [9.17, 15) is 4.79 Å². The van der Waals surface area contributed by atoms with Crippen LogP contribution in [0.5, 0.6) is 0 Å². The number of carbonyl (C=O) groups excluding carboxylic acids is 1. The van der Waals surface area contributed by atoms with E-state index >= 15 is 0 Å². The minimum atomic E-state index is -0.0388. The van der Waals surface area contributed by atoms with Gasteiger partial charge in [-0.15, -0.1) is 0 Å². The number of aromatic nitrogens is 1. The summed E-state index contributed by atoms with van der Waals surface area (Å²) in [5, 5.41) is 3.39. The largest absolute Gasteiger partial charge is 0.352 e. The van der Waals surface area contributed by atoms with Crippen LogP contribution in [0.2, 0.25) is 5.15 Å². The van der Waals surface area contributed by atoms with Gasteiger partial charge >= 0.3 is 0 Å². The summed E-state index contributed by atoms with van der Waals surface area (Å²) < 4.78 is 0. The van der Waals surface area contributed by atoms with Crippen molar-refractivity contribution in [2.24, 2.45) is 5.92 Å². The maximum Gasteiger partial charge on any atom is 0.251 e. The Kier molecular flexibility index (Phi) is 6.50. The van der Waals surface area contributed by atoms with E-state index in [2.05, 4.69) is 17.2 Å². The zero-order valence-corrected chi connectivity index (χ0v) is 13.6. The molecule has 1 heterocycles. The van der Waals surface area contributed by atoms with Crippen molar-refractivity contribution in [3.05, 3.63) is 28.5 Å². The molecular formula is C17H25ClN2O. The average Bonchev–Trinajstić information content (AvgIpc) is 2.96. The molecule has 0 saturated heterocycles. The van der Waals surface area contributed by atoms with Crippen molar-refractivity contribution in [3.8, 4) is 0 Å². The van der Waals surface area contributed by atoms with Crippen molar-refractivity contribution < 1.29 is 4.79 Å². The minimum Gasteiger partial charge on any atom is -0.352 e. The average molecular weight is 309 g/mol. The van der Waals surface area contributed by atoms with Crippen LogP contribution in [0, 0.1) is 5.92 Å². The van der Waals surface area contributed by atoms with Crippen LogP contribution in [-0.4, -0.2) is 17.4 Å². The van der Waals surface area contributed by atoms with Gasteiger partial charge in [-0.05, 0) is 37.3 Å². The lowest BCUT2D eigenvalue weighted by Crippen LogP contribution is -2.25. The zero-order chi connectivity index (χ0) is 15.1. The Morgan fingerprint density at radius 3 is 2.86 bits per heavy atom. The van der Waals surface area contributed by atoms with Gasteiger partial charge in [-0.3, -0.25) is 4.79 Å². The molecule has 1 aliphatic rings.